The number of hydrogen-bond acceptors (Lipinski definition) is 6. The summed E-state index contributed by atoms with van der Waals surface area (Å²) >= 11 is 0. The van der Waals surface area contributed by atoms with Gasteiger partial charge in [-0.05, 0) is 44.0 Å². The highest BCUT2D eigenvalue weighted by atomic mass is 19.1. The van der Waals surface area contributed by atoms with Crippen LogP contribution in [0.4, 0.5) is 15.8 Å². The number of aliphatic imine (C=N–C) groups is 1. The van der Waals surface area contributed by atoms with Crippen LogP contribution in [0.5, 0.6) is 5.75 Å². The van der Waals surface area contributed by atoms with Crippen molar-refractivity contribution in [2.45, 2.75) is 25.3 Å². The first-order chi connectivity index (χ1) is 14.9. The Kier molecular flexibility index (Phi) is 4.59. The monoisotopic (exact) mass is 419 g/mol. The van der Waals surface area contributed by atoms with E-state index in [1.165, 1.54) is 12.8 Å². The highest BCUT2D eigenvalue weighted by molar-refractivity contribution is 5.93. The molecule has 2 fully saturated rings. The van der Waals surface area contributed by atoms with Gasteiger partial charge in [0.05, 0.1) is 5.69 Å². The SMILES string of the molecule is CN=Cc1cc(-c2ccc3cc(N4CCNC5(CC5)C4)cc(F)c3n2)c(O)c(C)c1N. The van der Waals surface area contributed by atoms with Crippen LogP contribution in [0.1, 0.15) is 24.0 Å². The topological polar surface area (TPSA) is 86.8 Å². The van der Waals surface area contributed by atoms with Gasteiger partial charge in [-0.15, -0.1) is 0 Å². The number of nitrogen functional groups attached to an aromatic ring is 1. The van der Waals surface area contributed by atoms with Crippen LogP contribution in [-0.4, -0.2) is 48.5 Å². The number of benzene rings is 2. The summed E-state index contributed by atoms with van der Waals surface area (Å²) in [5.41, 5.74) is 10.2. The number of phenols is 1. The Labute approximate surface area is 180 Å². The molecule has 160 valence electrons. The molecule has 1 saturated heterocycles. The molecule has 7 heteroatoms. The molecule has 0 amide bonds. The zero-order valence-electron chi connectivity index (χ0n) is 17.7. The quantitative estimate of drug-likeness (QED) is 0.446. The van der Waals surface area contributed by atoms with Crippen molar-refractivity contribution in [3.05, 3.63) is 47.3 Å². The second-order valence-corrected chi connectivity index (χ2v) is 8.61. The van der Waals surface area contributed by atoms with Crippen molar-refractivity contribution < 1.29 is 9.50 Å². The molecule has 2 aromatic carbocycles. The van der Waals surface area contributed by atoms with E-state index in [1.54, 1.807) is 32.3 Å². The summed E-state index contributed by atoms with van der Waals surface area (Å²) in [4.78, 5) is 10.8. The molecule has 2 aliphatic rings. The summed E-state index contributed by atoms with van der Waals surface area (Å²) in [6.45, 7) is 4.42. The maximum atomic E-state index is 15.1. The molecule has 6 nitrogen and oxygen atoms in total. The summed E-state index contributed by atoms with van der Waals surface area (Å²) in [6.07, 6.45) is 4.00. The summed E-state index contributed by atoms with van der Waals surface area (Å²) in [5, 5.41) is 15.0. The van der Waals surface area contributed by atoms with Gasteiger partial charge in [-0.1, -0.05) is 6.07 Å². The first-order valence-electron chi connectivity index (χ1n) is 10.6. The fourth-order valence-electron chi connectivity index (χ4n) is 4.46. The van der Waals surface area contributed by atoms with Gasteiger partial charge in [0, 0.05) is 71.9 Å². The number of hydrogen-bond donors (Lipinski definition) is 3. The number of piperazine rings is 1. The van der Waals surface area contributed by atoms with Gasteiger partial charge in [0.15, 0.2) is 5.82 Å². The Hall–Kier alpha value is -3.19. The number of nitrogens with zero attached hydrogens (tertiary/aromatic N) is 3. The highest BCUT2D eigenvalue weighted by Gasteiger charge is 2.45. The smallest absolute Gasteiger partial charge is 0.151 e. The first kappa shape index (κ1) is 19.8. The third kappa shape index (κ3) is 3.39. The van der Waals surface area contributed by atoms with Crippen LogP contribution in [0, 0.1) is 12.7 Å². The van der Waals surface area contributed by atoms with Gasteiger partial charge in [-0.25, -0.2) is 9.37 Å². The number of phenolic OH excluding ortho intramolecular Hbond substituents is 1. The molecule has 0 atom stereocenters. The van der Waals surface area contributed by atoms with E-state index >= 15 is 4.39 Å². The number of nitrogens with two attached hydrogens (primary N) is 1. The molecule has 0 bridgehead atoms. The highest BCUT2D eigenvalue weighted by Crippen LogP contribution is 2.40. The predicted octanol–water partition coefficient (Wildman–Crippen LogP) is 3.63. The summed E-state index contributed by atoms with van der Waals surface area (Å²) < 4.78 is 15.1. The summed E-state index contributed by atoms with van der Waals surface area (Å²) in [7, 11) is 1.66. The van der Waals surface area contributed by atoms with Gasteiger partial charge in [0.25, 0.3) is 0 Å². The van der Waals surface area contributed by atoms with Crippen LogP contribution in [0.3, 0.4) is 0 Å². The molecule has 4 N–H and O–H groups in total. The predicted molar refractivity (Wildman–Crippen MR) is 124 cm³/mol. The van der Waals surface area contributed by atoms with E-state index in [2.05, 4.69) is 20.2 Å². The number of fused-ring (bicyclic) bond motifs is 1. The number of nitrogens with one attached hydrogen (secondary N) is 1. The van der Waals surface area contributed by atoms with Gasteiger partial charge in [0.1, 0.15) is 11.3 Å². The average molecular weight is 420 g/mol. The summed E-state index contributed by atoms with van der Waals surface area (Å²) in [5.74, 6) is -0.315. The number of anilines is 2. The van der Waals surface area contributed by atoms with Crippen molar-refractivity contribution >= 4 is 28.5 Å². The molecule has 5 rings (SSSR count). The molecule has 1 aliphatic carbocycles. The third-order valence-electron chi connectivity index (χ3n) is 6.49. The lowest BCUT2D eigenvalue weighted by molar-refractivity contribution is 0.442. The number of rotatable bonds is 3. The van der Waals surface area contributed by atoms with Crippen LogP contribution in [0.2, 0.25) is 0 Å². The van der Waals surface area contributed by atoms with Crippen molar-refractivity contribution in [1.82, 2.24) is 10.3 Å². The second-order valence-electron chi connectivity index (χ2n) is 8.61. The van der Waals surface area contributed by atoms with Crippen molar-refractivity contribution in [1.29, 1.82) is 0 Å². The number of pyridine rings is 1. The lowest BCUT2D eigenvalue weighted by Crippen LogP contribution is -2.52. The van der Waals surface area contributed by atoms with E-state index in [1.807, 2.05) is 18.2 Å². The van der Waals surface area contributed by atoms with Crippen LogP contribution in [-0.2, 0) is 0 Å². The molecule has 1 aliphatic heterocycles. The minimum atomic E-state index is -0.361. The molecule has 1 saturated carbocycles. The molecule has 1 spiro atoms. The fourth-order valence-corrected chi connectivity index (χ4v) is 4.46. The Morgan fingerprint density at radius 3 is 2.84 bits per heavy atom. The lowest BCUT2D eigenvalue weighted by Gasteiger charge is -2.35. The van der Waals surface area contributed by atoms with Crippen molar-refractivity contribution in [3.63, 3.8) is 0 Å². The van der Waals surface area contributed by atoms with Crippen LogP contribution >= 0.6 is 0 Å². The van der Waals surface area contributed by atoms with E-state index in [9.17, 15) is 5.11 Å². The largest absolute Gasteiger partial charge is 0.507 e. The molecule has 1 aromatic heterocycles. The Balaban J connectivity index is 1.56. The van der Waals surface area contributed by atoms with Crippen LogP contribution in [0.25, 0.3) is 22.2 Å². The number of halogens is 1. The van der Waals surface area contributed by atoms with E-state index in [0.717, 1.165) is 30.7 Å². The Morgan fingerprint density at radius 2 is 2.10 bits per heavy atom. The van der Waals surface area contributed by atoms with Crippen LogP contribution < -0.4 is 16.0 Å². The van der Waals surface area contributed by atoms with Crippen LogP contribution in [0.15, 0.2) is 35.3 Å². The van der Waals surface area contributed by atoms with E-state index in [-0.39, 0.29) is 22.6 Å². The van der Waals surface area contributed by atoms with E-state index < -0.39 is 0 Å². The molecule has 3 aromatic rings. The summed E-state index contributed by atoms with van der Waals surface area (Å²) in [6, 6.07) is 8.98. The minimum absolute atomic E-state index is 0.0465. The molecule has 0 unspecified atom stereocenters. The zero-order valence-corrected chi connectivity index (χ0v) is 17.7. The van der Waals surface area contributed by atoms with Gasteiger partial charge >= 0.3 is 0 Å². The van der Waals surface area contributed by atoms with Gasteiger partial charge in [-0.2, -0.15) is 0 Å². The first-order valence-corrected chi connectivity index (χ1v) is 10.6. The van der Waals surface area contributed by atoms with Crippen molar-refractivity contribution in [3.8, 4) is 17.0 Å². The van der Waals surface area contributed by atoms with Gasteiger partial charge in [0.2, 0.25) is 0 Å². The Bertz CT molecular complexity index is 1220. The molecular formula is C24H26FN5O. The third-order valence-corrected chi connectivity index (χ3v) is 6.49. The maximum Gasteiger partial charge on any atom is 0.151 e. The van der Waals surface area contributed by atoms with E-state index in [0.29, 0.717) is 28.1 Å². The Morgan fingerprint density at radius 1 is 1.29 bits per heavy atom. The van der Waals surface area contributed by atoms with Crippen molar-refractivity contribution in [2.75, 3.05) is 37.3 Å². The molecule has 2 heterocycles. The zero-order chi connectivity index (χ0) is 21.8. The maximum absolute atomic E-state index is 15.1. The number of aromatic nitrogens is 1. The second kappa shape index (κ2) is 7.20. The molecular weight excluding hydrogens is 393 g/mol. The lowest BCUT2D eigenvalue weighted by atomic mass is 9.99. The molecule has 31 heavy (non-hydrogen) atoms. The van der Waals surface area contributed by atoms with E-state index in [4.69, 9.17) is 5.73 Å². The average Bonchev–Trinajstić information content (AvgIpc) is 3.52. The molecule has 0 radical (unpaired) electrons. The van der Waals surface area contributed by atoms with Crippen molar-refractivity contribution in [2.24, 2.45) is 4.99 Å². The normalized spacial score (nSPS) is 17.7. The van der Waals surface area contributed by atoms with Gasteiger partial charge in [-0.3, -0.25) is 4.99 Å². The standard InChI is InChI=1S/C24H26FN5O/c1-14-21(26)16(12-27-2)10-18(23(14)31)20-4-3-15-9-17(11-19(25)22(15)29-20)30-8-7-28-24(13-30)5-6-24/h3-4,9-12,28,31H,5-8,13,26H2,1-2H3. The minimum Gasteiger partial charge on any atom is -0.507 e. The van der Waals surface area contributed by atoms with Gasteiger partial charge < -0.3 is 21.1 Å². The number of aromatic hydroxyl groups is 1. The fraction of sp³-hybridized carbons (Fsp3) is 0.333.